The van der Waals surface area contributed by atoms with Gasteiger partial charge in [0.05, 0.1) is 12.1 Å². The molecule has 0 aromatic carbocycles. The van der Waals surface area contributed by atoms with Crippen LogP contribution < -0.4 is 0 Å². The van der Waals surface area contributed by atoms with Crippen LogP contribution in [0.2, 0.25) is 0 Å². The van der Waals surface area contributed by atoms with Crippen LogP contribution in [-0.4, -0.2) is 75.2 Å². The van der Waals surface area contributed by atoms with E-state index >= 15 is 0 Å². The molecule has 2 N–H and O–H groups in total. The Hall–Kier alpha value is 4.82. The van der Waals surface area contributed by atoms with E-state index in [2.05, 4.69) is 17.0 Å². The zero-order valence-corrected chi connectivity index (χ0v) is 31.7. The van der Waals surface area contributed by atoms with Gasteiger partial charge in [-0.15, -0.1) is 0 Å². The summed E-state index contributed by atoms with van der Waals surface area (Å²) >= 11 is -1.03. The fraction of sp³-hybridized carbons (Fsp3) is 0.800. The van der Waals surface area contributed by atoms with Crippen LogP contribution in [0.15, 0.2) is 0 Å². The van der Waals surface area contributed by atoms with Gasteiger partial charge in [0.1, 0.15) is 0 Å². The molecule has 0 amide bonds. The van der Waals surface area contributed by atoms with Gasteiger partial charge in [0, 0.05) is 18.8 Å². The molecule has 3 aliphatic carbocycles. The van der Waals surface area contributed by atoms with Crippen molar-refractivity contribution in [2.24, 2.45) is 17.8 Å². The molecule has 0 spiro atoms. The predicted octanol–water partition coefficient (Wildman–Crippen LogP) is 6.48. The van der Waals surface area contributed by atoms with E-state index < -0.39 is 28.4 Å². The number of hydrogen-bond acceptors (Lipinski definition) is 2. The van der Waals surface area contributed by atoms with E-state index in [0.29, 0.717) is 0 Å². The van der Waals surface area contributed by atoms with Crippen LogP contribution >= 0.6 is 56.5 Å². The zero-order chi connectivity index (χ0) is 22.4. The second-order valence-corrected chi connectivity index (χ2v) is 28.7. The Balaban J connectivity index is -0.000000133. The molecule has 0 heterocycles. The third kappa shape index (κ3) is 59.9. The molecule has 0 bridgehead atoms. The quantitative estimate of drug-likeness (QED) is 0.240. The van der Waals surface area contributed by atoms with Crippen molar-refractivity contribution in [2.45, 2.75) is 51.4 Å². The minimum atomic E-state index is -3.06. The van der Waals surface area contributed by atoms with Gasteiger partial charge in [0.2, 0.25) is 6.54 Å². The van der Waals surface area contributed by atoms with Crippen LogP contribution in [0.1, 0.15) is 51.4 Å². The summed E-state index contributed by atoms with van der Waals surface area (Å²) in [5.41, 5.74) is 0. The average Bonchev–Trinajstić information content (AvgIpc) is 3.45. The third-order valence-electron chi connectivity index (χ3n) is 3.20. The summed E-state index contributed by atoms with van der Waals surface area (Å²) in [6, 6.07) is 4.26. The van der Waals surface area contributed by atoms with Crippen molar-refractivity contribution < 1.29 is 33.9 Å². The molecule has 0 unspecified atom stereocenters. The summed E-state index contributed by atoms with van der Waals surface area (Å²) < 4.78 is 0. The van der Waals surface area contributed by atoms with Gasteiger partial charge in [-0.05, 0) is 50.4 Å². The molecular weight excluding hydrogens is 919 g/mol. The van der Waals surface area contributed by atoms with E-state index in [1.165, 1.54) is 102 Å². The van der Waals surface area contributed by atoms with Gasteiger partial charge in [0.15, 0.2) is 0 Å². The molecule has 3 fully saturated rings. The Kier molecular flexibility index (Phi) is 43.6. The number of nitrogens with zero attached hydrogens (tertiary/aromatic N) is 3. The standard InChI is InChI=1S/3C5H7N.6ClH.2K.H2O.2Pt/c1-6-4-5-2-3-5;2*6-4-3-5-1-2-5;;;;;;;;;;;/h5H,2-4H2;2*5H,1-3H2;6*1H;;;1H2;;/q;;;;;;;;;;;;+2;+4/p-6. The summed E-state index contributed by atoms with van der Waals surface area (Å²) in [7, 11) is 29.8. The first-order valence-corrected chi connectivity index (χ1v) is 41.5. The summed E-state index contributed by atoms with van der Waals surface area (Å²) in [6.45, 7) is 7.18. The molecule has 0 radical (unpaired) electrons. The normalized spacial score (nSPS) is 16.0. The summed E-state index contributed by atoms with van der Waals surface area (Å²) in [6.07, 6.45) is 9.40. The molecule has 0 saturated heterocycles. The molecule has 3 aliphatic rings. The van der Waals surface area contributed by atoms with Crippen LogP contribution in [-0.2, 0) is 28.4 Å². The number of rotatable bonds is 3. The molecule has 14 heteroatoms. The van der Waals surface area contributed by atoms with Crippen molar-refractivity contribution >= 4 is 120 Å². The fourth-order valence-electron chi connectivity index (χ4n) is 1.33. The summed E-state index contributed by atoms with van der Waals surface area (Å²) in [5.74, 6) is 2.37. The molecule has 4 nitrogen and oxygen atoms in total. The first-order chi connectivity index (χ1) is 13.2. The van der Waals surface area contributed by atoms with E-state index in [-0.39, 0.29) is 5.48 Å². The molecule has 0 atom stereocenters. The van der Waals surface area contributed by atoms with Gasteiger partial charge in [-0.2, -0.15) is 10.5 Å². The van der Waals surface area contributed by atoms with E-state index in [1.807, 2.05) is 0 Å². The van der Waals surface area contributed by atoms with E-state index in [1.54, 1.807) is 0 Å². The van der Waals surface area contributed by atoms with E-state index in [4.69, 9.17) is 73.6 Å². The van der Waals surface area contributed by atoms with Crippen LogP contribution in [0.3, 0.4) is 0 Å². The monoisotopic (exact) mass is 939 g/mol. The average molecular weight is 942 g/mol. The Labute approximate surface area is 256 Å². The van der Waals surface area contributed by atoms with Gasteiger partial charge < -0.3 is 10.3 Å². The van der Waals surface area contributed by atoms with Gasteiger partial charge in [-0.1, -0.05) is 0 Å². The fourth-order valence-corrected chi connectivity index (χ4v) is 1.33. The van der Waals surface area contributed by atoms with Crippen molar-refractivity contribution in [1.29, 1.82) is 10.5 Å². The second kappa shape index (κ2) is 30.8. The van der Waals surface area contributed by atoms with E-state index in [9.17, 15) is 0 Å². The molecule has 3 saturated carbocycles. The Morgan fingerprint density at radius 2 is 1.10 bits per heavy atom. The van der Waals surface area contributed by atoms with Crippen molar-refractivity contribution in [3.8, 4) is 12.1 Å². The number of nitriles is 2. The molecule has 3 rings (SSSR count). The van der Waals surface area contributed by atoms with Crippen LogP contribution in [0, 0.1) is 47.0 Å². The minimum absolute atomic E-state index is 0. The van der Waals surface area contributed by atoms with Gasteiger partial charge in [0.25, 0.3) is 0 Å². The number of halogens is 6. The molecule has 0 aliphatic heterocycles. The van der Waals surface area contributed by atoms with Crippen molar-refractivity contribution in [2.75, 3.05) is 6.54 Å². The molecule has 29 heavy (non-hydrogen) atoms. The maximum atomic E-state index is 8.03. The van der Waals surface area contributed by atoms with Crippen LogP contribution in [0.4, 0.5) is 0 Å². The van der Waals surface area contributed by atoms with Crippen molar-refractivity contribution in [1.82, 2.24) is 0 Å². The topological polar surface area (TPSA) is 83.4 Å². The Morgan fingerprint density at radius 1 is 0.862 bits per heavy atom. The van der Waals surface area contributed by atoms with Gasteiger partial charge >= 0.3 is 148 Å². The van der Waals surface area contributed by atoms with Crippen LogP contribution in [0.5, 0.6) is 0 Å². The van der Waals surface area contributed by atoms with Crippen LogP contribution in [0.25, 0.3) is 4.85 Å². The molecule has 168 valence electrons. The first kappa shape index (κ1) is 41.0. The predicted molar refractivity (Wildman–Crippen MR) is 120 cm³/mol. The molecular formula is C15H23Cl6K2N3OPt2. The molecule has 0 aromatic heterocycles. The maximum absolute atomic E-state index is 8.03. The Morgan fingerprint density at radius 3 is 1.17 bits per heavy atom. The third-order valence-corrected chi connectivity index (χ3v) is 3.20. The number of hydrogen-bond donors (Lipinski definition) is 0. The Bertz CT molecular complexity index is 412. The summed E-state index contributed by atoms with van der Waals surface area (Å²) in [5, 5.41) is 16.1. The molecule has 0 aromatic rings. The van der Waals surface area contributed by atoms with E-state index in [0.717, 1.165) is 37.1 Å². The van der Waals surface area contributed by atoms with Gasteiger partial charge in [-0.25, -0.2) is 6.57 Å². The SMILES string of the molecule is N#CCC1CC1.N#CCC1CC1.O.[C-]#[N+]CC1CC1.[Cl][Pt]([Cl])([Cl])[Cl].[Cl][Pt][Cl].[K][K]. The van der Waals surface area contributed by atoms with Crippen molar-refractivity contribution in [3.05, 3.63) is 11.4 Å². The van der Waals surface area contributed by atoms with Crippen molar-refractivity contribution in [3.63, 3.8) is 0 Å². The van der Waals surface area contributed by atoms with Gasteiger partial charge in [-0.3, -0.25) is 0 Å². The zero-order valence-electron chi connectivity index (χ0n) is 16.3. The first-order valence-electron chi connectivity index (χ1n) is 8.59. The summed E-state index contributed by atoms with van der Waals surface area (Å²) in [4.78, 5) is 3.25. The second-order valence-electron chi connectivity index (χ2n) is 5.71.